The summed E-state index contributed by atoms with van der Waals surface area (Å²) >= 11 is 0. The molecule has 0 saturated heterocycles. The number of nitrogens with two attached hydrogens (primary N) is 2. The molecule has 0 aliphatic heterocycles. The fourth-order valence-electron chi connectivity index (χ4n) is 0.893. The third kappa shape index (κ3) is 10.7. The second-order valence-corrected chi connectivity index (χ2v) is 4.10. The molecule has 1 aromatic rings. The van der Waals surface area contributed by atoms with Crippen LogP contribution in [-0.2, 0) is 10.4 Å². The molecule has 106 valence electrons. The van der Waals surface area contributed by atoms with Crippen LogP contribution in [0, 0.1) is 0 Å². The Balaban J connectivity index is 0.000000555. The number of phenolic OH excluding ortho intramolecular Hbond substituents is 1. The molecule has 0 bridgehead atoms. The molecule has 0 aromatic heterocycles. The minimum absolute atomic E-state index is 0.0804. The first kappa shape index (κ1) is 16.8. The maximum Gasteiger partial charge on any atom is 0.394 e. The Hall–Kier alpha value is -2.17. The minimum atomic E-state index is -4.67. The summed E-state index contributed by atoms with van der Waals surface area (Å²) in [6, 6.07) is 6.61. The van der Waals surface area contributed by atoms with Crippen molar-refractivity contribution in [1.29, 1.82) is 0 Å². The lowest BCUT2D eigenvalue weighted by molar-refractivity contribution is 0.381. The topological polar surface area (TPSA) is 172 Å². The maximum atomic E-state index is 9.05. The highest BCUT2D eigenvalue weighted by Crippen LogP contribution is 2.10. The minimum Gasteiger partial charge on any atom is -0.508 e. The van der Waals surface area contributed by atoms with Crippen LogP contribution in [0.2, 0.25) is 0 Å². The molecule has 0 amide bonds. The number of hydrogen-bond acceptors (Lipinski definition) is 5. The van der Waals surface area contributed by atoms with Crippen molar-refractivity contribution in [3.63, 3.8) is 0 Å². The van der Waals surface area contributed by atoms with E-state index in [-0.39, 0.29) is 11.7 Å². The number of phenols is 1. The molecule has 0 aliphatic carbocycles. The number of aromatic hydroxyl groups is 1. The van der Waals surface area contributed by atoms with E-state index in [0.29, 0.717) is 5.71 Å². The lowest BCUT2D eigenvalue weighted by Gasteiger charge is -1.98. The van der Waals surface area contributed by atoms with Crippen molar-refractivity contribution in [2.45, 2.75) is 6.92 Å². The van der Waals surface area contributed by atoms with Gasteiger partial charge in [0.1, 0.15) is 5.75 Å². The Morgan fingerprint density at radius 3 is 1.89 bits per heavy atom. The van der Waals surface area contributed by atoms with E-state index >= 15 is 0 Å². The average Bonchev–Trinajstić information content (AvgIpc) is 2.24. The molecule has 0 aliphatic rings. The van der Waals surface area contributed by atoms with Crippen molar-refractivity contribution in [1.82, 2.24) is 0 Å². The molecule has 0 atom stereocenters. The van der Waals surface area contributed by atoms with Crippen LogP contribution in [0.1, 0.15) is 12.5 Å². The summed E-state index contributed by atoms with van der Waals surface area (Å²) in [5.74, 6) is 0.131. The second kappa shape index (κ2) is 7.31. The zero-order valence-electron chi connectivity index (χ0n) is 9.92. The molecule has 10 heteroatoms. The normalized spacial score (nSPS) is 11.2. The quantitative estimate of drug-likeness (QED) is 0.216. The average molecular weight is 290 g/mol. The summed E-state index contributed by atoms with van der Waals surface area (Å²) in [6.07, 6.45) is 0. The Bertz CT molecular complexity index is 553. The van der Waals surface area contributed by atoms with Crippen molar-refractivity contribution in [3.8, 4) is 5.75 Å². The number of benzene rings is 1. The molecule has 9 nitrogen and oxygen atoms in total. The number of hydrogen-bond donors (Lipinski definition) is 5. The first-order valence-electron chi connectivity index (χ1n) is 4.72. The Morgan fingerprint density at radius 2 is 1.53 bits per heavy atom. The zero-order valence-corrected chi connectivity index (χ0v) is 10.7. The first-order valence-corrected chi connectivity index (χ1v) is 6.11. The largest absolute Gasteiger partial charge is 0.508 e. The van der Waals surface area contributed by atoms with Crippen molar-refractivity contribution in [2.24, 2.45) is 21.7 Å². The van der Waals surface area contributed by atoms with Crippen LogP contribution in [0.3, 0.4) is 0 Å². The van der Waals surface area contributed by atoms with Gasteiger partial charge in [-0.3, -0.25) is 9.11 Å². The lowest BCUT2D eigenvalue weighted by Crippen LogP contribution is -2.22. The standard InChI is InChI=1S/C9H12N4O.H2O4S/c1-6(12-13-9(10)11)7-2-4-8(14)5-3-7;1-5(2,3)4/h2-5,14H,1H3,(H4,10,11,13);(H2,1,2,3,4)/b12-6-;. The van der Waals surface area contributed by atoms with Gasteiger partial charge in [-0.2, -0.15) is 13.5 Å². The SMILES string of the molecule is C/C(=N/N=C(N)N)c1ccc(O)cc1.O=S(=O)(O)O. The predicted molar refractivity (Wildman–Crippen MR) is 70.3 cm³/mol. The summed E-state index contributed by atoms with van der Waals surface area (Å²) in [5, 5.41) is 16.4. The third-order valence-corrected chi connectivity index (χ3v) is 1.60. The van der Waals surface area contributed by atoms with Gasteiger partial charge >= 0.3 is 10.4 Å². The van der Waals surface area contributed by atoms with Crippen molar-refractivity contribution in [2.75, 3.05) is 0 Å². The van der Waals surface area contributed by atoms with Gasteiger partial charge in [-0.15, -0.1) is 5.10 Å². The number of guanidine groups is 1. The van der Waals surface area contributed by atoms with E-state index in [1.54, 1.807) is 31.2 Å². The zero-order chi connectivity index (χ0) is 15.1. The third-order valence-electron chi connectivity index (χ3n) is 1.60. The Kier molecular flexibility index (Phi) is 6.47. The molecule has 1 aromatic carbocycles. The smallest absolute Gasteiger partial charge is 0.394 e. The fraction of sp³-hybridized carbons (Fsp3) is 0.111. The highest BCUT2D eigenvalue weighted by Gasteiger charge is 1.96. The molecule has 0 fully saturated rings. The van der Waals surface area contributed by atoms with Gasteiger partial charge in [-0.25, -0.2) is 0 Å². The van der Waals surface area contributed by atoms with Gasteiger partial charge in [0.2, 0.25) is 5.96 Å². The maximum absolute atomic E-state index is 9.05. The van der Waals surface area contributed by atoms with Gasteiger partial charge in [0, 0.05) is 0 Å². The molecular weight excluding hydrogens is 276 g/mol. The van der Waals surface area contributed by atoms with Gasteiger partial charge in [-0.05, 0) is 36.8 Å². The molecule has 0 heterocycles. The van der Waals surface area contributed by atoms with E-state index in [1.165, 1.54) is 0 Å². The van der Waals surface area contributed by atoms with E-state index in [2.05, 4.69) is 10.2 Å². The van der Waals surface area contributed by atoms with E-state index < -0.39 is 10.4 Å². The van der Waals surface area contributed by atoms with Crippen LogP contribution in [0.25, 0.3) is 0 Å². The van der Waals surface area contributed by atoms with E-state index in [1.807, 2.05) is 0 Å². The molecule has 0 spiro atoms. The van der Waals surface area contributed by atoms with Crippen LogP contribution in [0.4, 0.5) is 0 Å². The van der Waals surface area contributed by atoms with Crippen LogP contribution in [-0.4, -0.2) is 34.3 Å². The Morgan fingerprint density at radius 1 is 1.11 bits per heavy atom. The predicted octanol–water partition coefficient (Wildman–Crippen LogP) is -0.263. The molecule has 0 saturated carbocycles. The van der Waals surface area contributed by atoms with Crippen LogP contribution < -0.4 is 11.5 Å². The summed E-state index contributed by atoms with van der Waals surface area (Å²) in [4.78, 5) is 0. The van der Waals surface area contributed by atoms with Crippen molar-refractivity contribution in [3.05, 3.63) is 29.8 Å². The first-order chi connectivity index (χ1) is 8.59. The van der Waals surface area contributed by atoms with Gasteiger partial charge in [0.15, 0.2) is 0 Å². The molecule has 7 N–H and O–H groups in total. The van der Waals surface area contributed by atoms with Crippen molar-refractivity contribution < 1.29 is 22.6 Å². The van der Waals surface area contributed by atoms with Crippen molar-refractivity contribution >= 4 is 22.1 Å². The summed E-state index contributed by atoms with van der Waals surface area (Å²) in [7, 11) is -4.67. The summed E-state index contributed by atoms with van der Waals surface area (Å²) in [6.45, 7) is 1.78. The van der Waals surface area contributed by atoms with Crippen LogP contribution >= 0.6 is 0 Å². The van der Waals surface area contributed by atoms with E-state index in [4.69, 9.17) is 34.1 Å². The summed E-state index contributed by atoms with van der Waals surface area (Å²) in [5.41, 5.74) is 11.8. The fourth-order valence-corrected chi connectivity index (χ4v) is 0.893. The van der Waals surface area contributed by atoms with Gasteiger partial charge in [0.05, 0.1) is 5.71 Å². The molecular formula is C9H14N4O5S. The van der Waals surface area contributed by atoms with Gasteiger partial charge in [0.25, 0.3) is 0 Å². The number of rotatable bonds is 2. The Labute approximate surface area is 109 Å². The second-order valence-electron chi connectivity index (χ2n) is 3.20. The van der Waals surface area contributed by atoms with Crippen LogP contribution in [0.15, 0.2) is 34.5 Å². The van der Waals surface area contributed by atoms with Gasteiger partial charge < -0.3 is 16.6 Å². The molecule has 1 rings (SSSR count). The lowest BCUT2D eigenvalue weighted by atomic mass is 10.1. The summed E-state index contributed by atoms with van der Waals surface area (Å²) < 4.78 is 31.6. The van der Waals surface area contributed by atoms with E-state index in [0.717, 1.165) is 5.56 Å². The van der Waals surface area contributed by atoms with E-state index in [9.17, 15) is 0 Å². The molecule has 0 radical (unpaired) electrons. The number of nitrogens with zero attached hydrogens (tertiary/aromatic N) is 2. The monoisotopic (exact) mass is 290 g/mol. The van der Waals surface area contributed by atoms with Gasteiger partial charge in [-0.1, -0.05) is 0 Å². The highest BCUT2D eigenvalue weighted by atomic mass is 32.3. The highest BCUT2D eigenvalue weighted by molar-refractivity contribution is 7.79. The van der Waals surface area contributed by atoms with Crippen LogP contribution in [0.5, 0.6) is 5.75 Å². The molecule has 0 unspecified atom stereocenters. The molecule has 19 heavy (non-hydrogen) atoms.